The monoisotopic (exact) mass is 369 g/mol. The van der Waals surface area contributed by atoms with Crippen LogP contribution in [0.1, 0.15) is 15.9 Å². The molecule has 0 unspecified atom stereocenters. The summed E-state index contributed by atoms with van der Waals surface area (Å²) in [6.45, 7) is 1.60. The zero-order valence-electron chi connectivity index (χ0n) is 15.4. The molecule has 1 amide bonds. The zero-order chi connectivity index (χ0) is 19.9. The van der Waals surface area contributed by atoms with Crippen molar-refractivity contribution in [1.29, 1.82) is 0 Å². The van der Waals surface area contributed by atoms with E-state index in [1.807, 2.05) is 0 Å². The van der Waals surface area contributed by atoms with Crippen molar-refractivity contribution in [2.24, 2.45) is 14.1 Å². The summed E-state index contributed by atoms with van der Waals surface area (Å²) >= 11 is 0. The lowest BCUT2D eigenvalue weighted by Crippen LogP contribution is -2.38. The lowest BCUT2D eigenvalue weighted by Gasteiger charge is -2.14. The van der Waals surface area contributed by atoms with Crippen LogP contribution in [0.25, 0.3) is 11.0 Å². The van der Waals surface area contributed by atoms with Gasteiger partial charge in [-0.05, 0) is 24.6 Å². The van der Waals surface area contributed by atoms with Crippen molar-refractivity contribution in [3.05, 3.63) is 56.2 Å². The van der Waals surface area contributed by atoms with E-state index in [4.69, 9.17) is 10.5 Å². The predicted molar refractivity (Wildman–Crippen MR) is 102 cm³/mol. The maximum absolute atomic E-state index is 12.8. The van der Waals surface area contributed by atoms with Gasteiger partial charge in [-0.3, -0.25) is 18.7 Å². The van der Waals surface area contributed by atoms with Gasteiger partial charge in [-0.25, -0.2) is 9.78 Å². The maximum Gasteiger partial charge on any atom is 0.332 e. The van der Waals surface area contributed by atoms with Crippen molar-refractivity contribution in [2.45, 2.75) is 6.92 Å². The number of aryl methyl sites for hydroxylation is 2. The first kappa shape index (κ1) is 18.2. The molecule has 3 rings (SSSR count). The van der Waals surface area contributed by atoms with Crippen LogP contribution in [0.3, 0.4) is 0 Å². The number of ether oxygens (including phenoxy) is 1. The minimum atomic E-state index is -0.534. The molecule has 0 saturated heterocycles. The van der Waals surface area contributed by atoms with E-state index < -0.39 is 17.2 Å². The van der Waals surface area contributed by atoms with Crippen molar-refractivity contribution >= 4 is 28.4 Å². The first-order valence-corrected chi connectivity index (χ1v) is 8.07. The third kappa shape index (κ3) is 2.92. The van der Waals surface area contributed by atoms with Gasteiger partial charge in [0.25, 0.3) is 11.5 Å². The average Bonchev–Trinajstić information content (AvgIpc) is 2.64. The molecule has 3 aromatic rings. The topological polar surface area (TPSA) is 121 Å². The molecule has 0 spiro atoms. The molecular formula is C18H19N5O4. The Morgan fingerprint density at radius 2 is 1.93 bits per heavy atom. The second-order valence-corrected chi connectivity index (χ2v) is 6.09. The molecule has 0 aliphatic heterocycles. The van der Waals surface area contributed by atoms with Crippen molar-refractivity contribution < 1.29 is 9.53 Å². The highest BCUT2D eigenvalue weighted by Gasteiger charge is 2.22. The summed E-state index contributed by atoms with van der Waals surface area (Å²) in [5.41, 5.74) is 6.01. The van der Waals surface area contributed by atoms with E-state index in [9.17, 15) is 14.4 Å². The number of carbonyl (C=O) groups is 1. The van der Waals surface area contributed by atoms with E-state index in [1.165, 1.54) is 25.8 Å². The van der Waals surface area contributed by atoms with Crippen LogP contribution in [0.2, 0.25) is 0 Å². The highest BCUT2D eigenvalue weighted by atomic mass is 16.5. The molecule has 2 heterocycles. The molecule has 0 radical (unpaired) electrons. The number of nitrogens with zero attached hydrogens (tertiary/aromatic N) is 3. The standard InChI is InChI=1S/C18H19N5O4/c1-9-12(16(24)20-10-6-5-7-11(8-10)27-4)14(19)21-15-13(9)17(25)23(3)18(26)22(15)2/h5-8H,1-4H3,(H2,19,21)(H,20,24). The molecule has 1 aromatic carbocycles. The van der Waals surface area contributed by atoms with Crippen molar-refractivity contribution in [3.8, 4) is 5.75 Å². The number of anilines is 2. The van der Waals surface area contributed by atoms with Crippen LogP contribution in [0.4, 0.5) is 11.5 Å². The molecule has 0 bridgehead atoms. The Hall–Kier alpha value is -3.62. The minimum absolute atomic E-state index is 0.0661. The fourth-order valence-corrected chi connectivity index (χ4v) is 2.96. The summed E-state index contributed by atoms with van der Waals surface area (Å²) in [5, 5.41) is 2.89. The Balaban J connectivity index is 2.18. The number of methoxy groups -OCH3 is 1. The molecule has 0 atom stereocenters. The van der Waals surface area contributed by atoms with Crippen molar-refractivity contribution in [3.63, 3.8) is 0 Å². The molecule has 9 heteroatoms. The highest BCUT2D eigenvalue weighted by molar-refractivity contribution is 6.10. The maximum atomic E-state index is 12.8. The molecule has 27 heavy (non-hydrogen) atoms. The van der Waals surface area contributed by atoms with Crippen LogP contribution < -0.4 is 27.0 Å². The number of hydrogen-bond acceptors (Lipinski definition) is 6. The lowest BCUT2D eigenvalue weighted by atomic mass is 10.1. The smallest absolute Gasteiger partial charge is 0.332 e. The van der Waals surface area contributed by atoms with E-state index >= 15 is 0 Å². The van der Waals surface area contributed by atoms with Crippen LogP contribution >= 0.6 is 0 Å². The Bertz CT molecular complexity index is 1190. The number of pyridine rings is 1. The highest BCUT2D eigenvalue weighted by Crippen LogP contribution is 2.23. The number of nitrogens with one attached hydrogen (secondary N) is 1. The van der Waals surface area contributed by atoms with Gasteiger partial charge in [0.1, 0.15) is 11.6 Å². The molecule has 0 aliphatic carbocycles. The fraction of sp³-hybridized carbons (Fsp3) is 0.222. The third-order valence-electron chi connectivity index (χ3n) is 4.42. The second-order valence-electron chi connectivity index (χ2n) is 6.09. The molecule has 2 aromatic heterocycles. The number of hydrogen-bond donors (Lipinski definition) is 2. The molecule has 0 aliphatic rings. The van der Waals surface area contributed by atoms with Crippen LogP contribution in [0, 0.1) is 6.92 Å². The number of amides is 1. The summed E-state index contributed by atoms with van der Waals surface area (Å²) < 4.78 is 7.33. The zero-order valence-corrected chi connectivity index (χ0v) is 15.4. The lowest BCUT2D eigenvalue weighted by molar-refractivity contribution is 0.102. The normalized spacial score (nSPS) is 10.8. The number of nitrogens with two attached hydrogens (primary N) is 1. The third-order valence-corrected chi connectivity index (χ3v) is 4.42. The van der Waals surface area contributed by atoms with Gasteiger partial charge in [0, 0.05) is 25.8 Å². The van der Waals surface area contributed by atoms with E-state index in [0.29, 0.717) is 17.0 Å². The summed E-state index contributed by atoms with van der Waals surface area (Å²) in [6, 6.07) is 6.83. The van der Waals surface area contributed by atoms with Gasteiger partial charge in [0.15, 0.2) is 5.65 Å². The van der Waals surface area contributed by atoms with Gasteiger partial charge in [0.05, 0.1) is 18.1 Å². The van der Waals surface area contributed by atoms with E-state index in [1.54, 1.807) is 31.2 Å². The number of nitrogen functional groups attached to an aromatic ring is 1. The fourth-order valence-electron chi connectivity index (χ4n) is 2.96. The molecule has 3 N–H and O–H groups in total. The van der Waals surface area contributed by atoms with E-state index in [-0.39, 0.29) is 22.4 Å². The molecule has 140 valence electrons. The van der Waals surface area contributed by atoms with Crippen LogP contribution in [-0.2, 0) is 14.1 Å². The number of fused-ring (bicyclic) bond motifs is 1. The summed E-state index contributed by atoms with van der Waals surface area (Å²) in [6.07, 6.45) is 0. The first-order valence-electron chi connectivity index (χ1n) is 8.07. The van der Waals surface area contributed by atoms with Crippen molar-refractivity contribution in [1.82, 2.24) is 14.1 Å². The van der Waals surface area contributed by atoms with Crippen molar-refractivity contribution in [2.75, 3.05) is 18.2 Å². The van der Waals surface area contributed by atoms with Gasteiger partial charge in [-0.15, -0.1) is 0 Å². The Morgan fingerprint density at radius 3 is 2.59 bits per heavy atom. The largest absolute Gasteiger partial charge is 0.497 e. The Labute approximate surface area is 154 Å². The number of rotatable bonds is 3. The van der Waals surface area contributed by atoms with Gasteiger partial charge in [-0.2, -0.15) is 0 Å². The molecule has 9 nitrogen and oxygen atoms in total. The van der Waals surface area contributed by atoms with Gasteiger partial charge in [-0.1, -0.05) is 6.07 Å². The number of aromatic nitrogens is 3. The van der Waals surface area contributed by atoms with Gasteiger partial charge in [0.2, 0.25) is 0 Å². The summed E-state index contributed by atoms with van der Waals surface area (Å²) in [4.78, 5) is 41.6. The second kappa shape index (κ2) is 6.60. The minimum Gasteiger partial charge on any atom is -0.497 e. The number of benzene rings is 1. The van der Waals surface area contributed by atoms with Gasteiger partial charge >= 0.3 is 5.69 Å². The number of carbonyl (C=O) groups excluding carboxylic acids is 1. The van der Waals surface area contributed by atoms with E-state index in [0.717, 1.165) is 4.57 Å². The average molecular weight is 369 g/mol. The summed E-state index contributed by atoms with van der Waals surface area (Å²) in [5.74, 6) is 0.00482. The molecule has 0 fully saturated rings. The Kier molecular flexibility index (Phi) is 4.44. The van der Waals surface area contributed by atoms with Gasteiger partial charge < -0.3 is 15.8 Å². The van der Waals surface area contributed by atoms with Crippen LogP contribution in [-0.4, -0.2) is 27.1 Å². The Morgan fingerprint density at radius 1 is 1.22 bits per heavy atom. The first-order chi connectivity index (χ1) is 12.8. The van der Waals surface area contributed by atoms with E-state index in [2.05, 4.69) is 10.3 Å². The predicted octanol–water partition coefficient (Wildman–Crippen LogP) is 0.784. The van der Waals surface area contributed by atoms with Crippen LogP contribution in [0.5, 0.6) is 5.75 Å². The van der Waals surface area contributed by atoms with Crippen LogP contribution in [0.15, 0.2) is 33.9 Å². The SMILES string of the molecule is COc1cccc(NC(=O)c2c(N)nc3c(c2C)c(=O)n(C)c(=O)n3C)c1. The molecular weight excluding hydrogens is 350 g/mol. The molecule has 0 saturated carbocycles. The summed E-state index contributed by atoms with van der Waals surface area (Å²) in [7, 11) is 4.39. The quantitative estimate of drug-likeness (QED) is 0.704.